The molecule has 5 rings (SSSR count). The standard InChI is InChI=1S/C23H22FN5O/c24-18-1-2-19-17(13-22(30)27-21(19)14-18)5-8-28-9-11-29(12-10-28)23-20-15-25-6-3-16(20)4-7-26-23/h1-4,6-7,13-15H,5,8-12H2,(H,27,30). The largest absolute Gasteiger partial charge is 0.353 e. The highest BCUT2D eigenvalue weighted by Gasteiger charge is 2.20. The number of anilines is 1. The van der Waals surface area contributed by atoms with E-state index in [1.54, 1.807) is 18.3 Å². The van der Waals surface area contributed by atoms with Gasteiger partial charge < -0.3 is 9.88 Å². The summed E-state index contributed by atoms with van der Waals surface area (Å²) in [5.41, 5.74) is 1.32. The second-order valence-corrected chi connectivity index (χ2v) is 7.66. The van der Waals surface area contributed by atoms with Crippen LogP contribution < -0.4 is 10.5 Å². The lowest BCUT2D eigenvalue weighted by atomic mass is 10.1. The lowest BCUT2D eigenvalue weighted by Crippen LogP contribution is -2.47. The Hall–Kier alpha value is -3.32. The van der Waals surface area contributed by atoms with Crippen LogP contribution in [0.1, 0.15) is 5.56 Å². The van der Waals surface area contributed by atoms with Gasteiger partial charge in [-0.25, -0.2) is 9.37 Å². The van der Waals surface area contributed by atoms with Crippen LogP contribution in [0.4, 0.5) is 10.2 Å². The van der Waals surface area contributed by atoms with Crippen molar-refractivity contribution in [2.24, 2.45) is 0 Å². The van der Waals surface area contributed by atoms with Crippen molar-refractivity contribution in [3.8, 4) is 0 Å². The van der Waals surface area contributed by atoms with E-state index in [4.69, 9.17) is 0 Å². The van der Waals surface area contributed by atoms with Gasteiger partial charge in [-0.1, -0.05) is 0 Å². The molecule has 1 fully saturated rings. The summed E-state index contributed by atoms with van der Waals surface area (Å²) in [6.45, 7) is 4.49. The first-order chi connectivity index (χ1) is 14.7. The number of piperazine rings is 1. The van der Waals surface area contributed by atoms with E-state index in [9.17, 15) is 9.18 Å². The molecule has 0 radical (unpaired) electrons. The van der Waals surface area contributed by atoms with Crippen molar-refractivity contribution < 1.29 is 4.39 Å². The summed E-state index contributed by atoms with van der Waals surface area (Å²) in [5.74, 6) is 0.645. The highest BCUT2D eigenvalue weighted by molar-refractivity contribution is 5.91. The number of nitrogens with zero attached hydrogens (tertiary/aromatic N) is 4. The number of benzene rings is 1. The number of halogens is 1. The quantitative estimate of drug-likeness (QED) is 0.568. The number of pyridine rings is 3. The van der Waals surface area contributed by atoms with Crippen LogP contribution >= 0.6 is 0 Å². The van der Waals surface area contributed by atoms with Crippen LogP contribution in [0, 0.1) is 5.82 Å². The number of hydrogen-bond acceptors (Lipinski definition) is 5. The molecule has 1 aliphatic heterocycles. The van der Waals surface area contributed by atoms with Gasteiger partial charge in [-0.05, 0) is 47.7 Å². The van der Waals surface area contributed by atoms with Crippen molar-refractivity contribution in [1.82, 2.24) is 19.9 Å². The highest BCUT2D eigenvalue weighted by Crippen LogP contribution is 2.24. The van der Waals surface area contributed by atoms with Crippen molar-refractivity contribution in [2.45, 2.75) is 6.42 Å². The van der Waals surface area contributed by atoms with Gasteiger partial charge in [-0.2, -0.15) is 0 Å². The molecule has 0 saturated carbocycles. The van der Waals surface area contributed by atoms with Crippen LogP contribution in [0.2, 0.25) is 0 Å². The van der Waals surface area contributed by atoms with Crippen LogP contribution in [-0.2, 0) is 6.42 Å². The Kier molecular flexibility index (Phi) is 4.88. The Bertz CT molecular complexity index is 1260. The SMILES string of the molecule is O=c1cc(CCN2CCN(c3nccc4ccncc34)CC2)c2ccc(F)cc2[nH]1. The van der Waals surface area contributed by atoms with Crippen LogP contribution in [0.5, 0.6) is 0 Å². The third-order valence-corrected chi connectivity index (χ3v) is 5.81. The molecule has 4 aromatic rings. The predicted molar refractivity (Wildman–Crippen MR) is 116 cm³/mol. The summed E-state index contributed by atoms with van der Waals surface area (Å²) in [5, 5.41) is 3.13. The fourth-order valence-electron chi connectivity index (χ4n) is 4.22. The molecule has 1 N–H and O–H groups in total. The van der Waals surface area contributed by atoms with Gasteiger partial charge in [0.25, 0.3) is 0 Å². The van der Waals surface area contributed by atoms with Crippen LogP contribution in [0.15, 0.2) is 59.8 Å². The van der Waals surface area contributed by atoms with Gasteiger partial charge in [-0.3, -0.25) is 14.7 Å². The molecule has 1 saturated heterocycles. The topological polar surface area (TPSA) is 65.1 Å². The van der Waals surface area contributed by atoms with E-state index in [1.807, 2.05) is 24.5 Å². The first-order valence-electron chi connectivity index (χ1n) is 10.1. The molecule has 0 aliphatic carbocycles. The van der Waals surface area contributed by atoms with E-state index >= 15 is 0 Å². The number of rotatable bonds is 4. The molecule has 6 nitrogen and oxygen atoms in total. The molecule has 0 atom stereocenters. The Balaban J connectivity index is 1.27. The first-order valence-corrected chi connectivity index (χ1v) is 10.1. The molecule has 0 unspecified atom stereocenters. The van der Waals surface area contributed by atoms with Crippen LogP contribution in [-0.4, -0.2) is 52.6 Å². The van der Waals surface area contributed by atoms with Crippen molar-refractivity contribution in [3.05, 3.63) is 76.7 Å². The van der Waals surface area contributed by atoms with Crippen LogP contribution in [0.3, 0.4) is 0 Å². The third kappa shape index (κ3) is 3.64. The Morgan fingerprint density at radius 1 is 1.00 bits per heavy atom. The average Bonchev–Trinajstić information content (AvgIpc) is 2.77. The molecular weight excluding hydrogens is 381 g/mol. The second kappa shape index (κ2) is 7.84. The van der Waals surface area contributed by atoms with Gasteiger partial charge in [0.05, 0.1) is 5.52 Å². The van der Waals surface area contributed by atoms with E-state index in [0.717, 1.165) is 66.7 Å². The van der Waals surface area contributed by atoms with Crippen molar-refractivity contribution in [3.63, 3.8) is 0 Å². The molecule has 1 aromatic carbocycles. The maximum Gasteiger partial charge on any atom is 0.248 e. The maximum absolute atomic E-state index is 13.5. The van der Waals surface area contributed by atoms with E-state index in [0.29, 0.717) is 5.52 Å². The number of aromatic nitrogens is 3. The van der Waals surface area contributed by atoms with E-state index in [2.05, 4.69) is 24.8 Å². The molecule has 152 valence electrons. The zero-order valence-electron chi connectivity index (χ0n) is 16.5. The summed E-state index contributed by atoms with van der Waals surface area (Å²) >= 11 is 0. The molecule has 1 aliphatic rings. The smallest absolute Gasteiger partial charge is 0.248 e. The molecule has 4 heterocycles. The fourth-order valence-corrected chi connectivity index (χ4v) is 4.22. The fraction of sp³-hybridized carbons (Fsp3) is 0.261. The second-order valence-electron chi connectivity index (χ2n) is 7.66. The minimum atomic E-state index is -0.344. The number of aromatic amines is 1. The Labute approximate surface area is 173 Å². The zero-order valence-corrected chi connectivity index (χ0v) is 16.5. The van der Waals surface area contributed by atoms with Crippen molar-refractivity contribution in [2.75, 3.05) is 37.6 Å². The molecule has 3 aromatic heterocycles. The van der Waals surface area contributed by atoms with Crippen molar-refractivity contribution in [1.29, 1.82) is 0 Å². The lowest BCUT2D eigenvalue weighted by molar-refractivity contribution is 0.261. The minimum Gasteiger partial charge on any atom is -0.353 e. The molecule has 30 heavy (non-hydrogen) atoms. The summed E-state index contributed by atoms with van der Waals surface area (Å²) in [4.78, 5) is 28.2. The van der Waals surface area contributed by atoms with Gasteiger partial charge in [0.2, 0.25) is 5.56 Å². The normalized spacial score (nSPS) is 15.2. The van der Waals surface area contributed by atoms with Crippen LogP contribution in [0.25, 0.3) is 21.7 Å². The van der Waals surface area contributed by atoms with Gasteiger partial charge in [0.1, 0.15) is 11.6 Å². The average molecular weight is 403 g/mol. The van der Waals surface area contributed by atoms with E-state index in [1.165, 1.54) is 12.1 Å². The number of hydrogen-bond donors (Lipinski definition) is 1. The summed E-state index contributed by atoms with van der Waals surface area (Å²) in [6, 6.07) is 10.2. The van der Waals surface area contributed by atoms with Crippen molar-refractivity contribution >= 4 is 27.5 Å². The number of H-pyrrole nitrogens is 1. The molecule has 0 amide bonds. The summed E-state index contributed by atoms with van der Waals surface area (Å²) in [6.07, 6.45) is 6.29. The van der Waals surface area contributed by atoms with Gasteiger partial charge in [0.15, 0.2) is 0 Å². The summed E-state index contributed by atoms with van der Waals surface area (Å²) < 4.78 is 13.5. The van der Waals surface area contributed by atoms with E-state index < -0.39 is 0 Å². The first kappa shape index (κ1) is 18.7. The number of fused-ring (bicyclic) bond motifs is 2. The number of nitrogens with one attached hydrogen (secondary N) is 1. The van der Waals surface area contributed by atoms with E-state index in [-0.39, 0.29) is 11.4 Å². The summed E-state index contributed by atoms with van der Waals surface area (Å²) in [7, 11) is 0. The van der Waals surface area contributed by atoms with Gasteiger partial charge >= 0.3 is 0 Å². The monoisotopic (exact) mass is 403 g/mol. The molecule has 7 heteroatoms. The predicted octanol–water partition coefficient (Wildman–Crippen LogP) is 2.98. The molecular formula is C23H22FN5O. The highest BCUT2D eigenvalue weighted by atomic mass is 19.1. The third-order valence-electron chi connectivity index (χ3n) is 5.81. The lowest BCUT2D eigenvalue weighted by Gasteiger charge is -2.35. The zero-order chi connectivity index (χ0) is 20.5. The Morgan fingerprint density at radius 3 is 2.70 bits per heavy atom. The van der Waals surface area contributed by atoms with Gasteiger partial charge in [-0.15, -0.1) is 0 Å². The Morgan fingerprint density at radius 2 is 1.83 bits per heavy atom. The minimum absolute atomic E-state index is 0.191. The van der Waals surface area contributed by atoms with Gasteiger partial charge in [0, 0.05) is 68.2 Å². The maximum atomic E-state index is 13.5. The molecule has 0 spiro atoms. The molecule has 0 bridgehead atoms.